The fourth-order valence-electron chi connectivity index (χ4n) is 1.43. The van der Waals surface area contributed by atoms with Crippen molar-refractivity contribution < 1.29 is 8.78 Å². The van der Waals surface area contributed by atoms with Crippen molar-refractivity contribution in [3.05, 3.63) is 53.6 Å². The molecule has 0 heterocycles. The first-order chi connectivity index (χ1) is 8.06. The molecule has 0 fully saturated rings. The van der Waals surface area contributed by atoms with Gasteiger partial charge in [-0.15, -0.1) is 0 Å². The van der Waals surface area contributed by atoms with E-state index in [4.69, 9.17) is 5.73 Å². The standard InChI is InChI=1S/C13H11F2NS/c1-8-2-5-13(12(16)6-8)17-9-3-4-10(14)11(15)7-9/h2-7H,16H2,1H3. The topological polar surface area (TPSA) is 26.0 Å². The third-order valence-electron chi connectivity index (χ3n) is 2.28. The number of hydrogen-bond acceptors (Lipinski definition) is 2. The van der Waals surface area contributed by atoms with E-state index in [0.717, 1.165) is 16.5 Å². The van der Waals surface area contributed by atoms with Gasteiger partial charge in [0, 0.05) is 15.5 Å². The Balaban J connectivity index is 2.28. The molecule has 2 N–H and O–H groups in total. The Hall–Kier alpha value is -1.55. The lowest BCUT2D eigenvalue weighted by atomic mass is 10.2. The molecule has 17 heavy (non-hydrogen) atoms. The first kappa shape index (κ1) is 11.9. The van der Waals surface area contributed by atoms with Gasteiger partial charge in [-0.3, -0.25) is 0 Å². The first-order valence-corrected chi connectivity index (χ1v) is 5.87. The van der Waals surface area contributed by atoms with Crippen LogP contribution in [0, 0.1) is 18.6 Å². The predicted molar refractivity (Wildman–Crippen MR) is 66.1 cm³/mol. The average Bonchev–Trinajstić information content (AvgIpc) is 2.27. The van der Waals surface area contributed by atoms with Crippen molar-refractivity contribution in [1.82, 2.24) is 0 Å². The van der Waals surface area contributed by atoms with E-state index < -0.39 is 11.6 Å². The zero-order valence-electron chi connectivity index (χ0n) is 9.21. The first-order valence-electron chi connectivity index (χ1n) is 5.05. The maximum atomic E-state index is 13.0. The van der Waals surface area contributed by atoms with E-state index >= 15 is 0 Å². The highest BCUT2D eigenvalue weighted by atomic mass is 32.2. The van der Waals surface area contributed by atoms with Crippen molar-refractivity contribution in [1.29, 1.82) is 0 Å². The molecule has 0 amide bonds. The largest absolute Gasteiger partial charge is 0.398 e. The number of rotatable bonds is 2. The second-order valence-electron chi connectivity index (χ2n) is 3.72. The van der Waals surface area contributed by atoms with E-state index in [2.05, 4.69) is 0 Å². The van der Waals surface area contributed by atoms with E-state index in [1.807, 2.05) is 25.1 Å². The molecule has 88 valence electrons. The third kappa shape index (κ3) is 2.77. The molecule has 0 unspecified atom stereocenters. The SMILES string of the molecule is Cc1ccc(Sc2ccc(F)c(F)c2)c(N)c1. The van der Waals surface area contributed by atoms with E-state index in [-0.39, 0.29) is 0 Å². The summed E-state index contributed by atoms with van der Waals surface area (Å²) < 4.78 is 25.8. The highest BCUT2D eigenvalue weighted by Crippen LogP contribution is 2.33. The van der Waals surface area contributed by atoms with Crippen LogP contribution >= 0.6 is 11.8 Å². The molecule has 1 nitrogen and oxygen atoms in total. The smallest absolute Gasteiger partial charge is 0.159 e. The van der Waals surface area contributed by atoms with Crippen molar-refractivity contribution in [2.45, 2.75) is 16.7 Å². The van der Waals surface area contributed by atoms with Crippen LogP contribution in [-0.4, -0.2) is 0 Å². The minimum absolute atomic E-state index is 0.624. The maximum absolute atomic E-state index is 13.0. The summed E-state index contributed by atoms with van der Waals surface area (Å²) in [5.74, 6) is -1.69. The number of hydrogen-bond donors (Lipinski definition) is 1. The van der Waals surface area contributed by atoms with Crippen LogP contribution in [0.1, 0.15) is 5.56 Å². The maximum Gasteiger partial charge on any atom is 0.159 e. The van der Waals surface area contributed by atoms with Crippen LogP contribution in [0.25, 0.3) is 0 Å². The molecule has 0 aliphatic heterocycles. The van der Waals surface area contributed by atoms with Crippen molar-refractivity contribution >= 4 is 17.4 Å². The van der Waals surface area contributed by atoms with Crippen LogP contribution in [0.2, 0.25) is 0 Å². The molecule has 4 heteroatoms. The Morgan fingerprint density at radius 1 is 1.00 bits per heavy atom. The van der Waals surface area contributed by atoms with Gasteiger partial charge in [0.2, 0.25) is 0 Å². The summed E-state index contributed by atoms with van der Waals surface area (Å²) in [6, 6.07) is 9.46. The van der Waals surface area contributed by atoms with E-state index in [9.17, 15) is 8.78 Å². The van der Waals surface area contributed by atoms with Gasteiger partial charge in [0.1, 0.15) is 0 Å². The zero-order chi connectivity index (χ0) is 12.4. The summed E-state index contributed by atoms with van der Waals surface area (Å²) in [6.07, 6.45) is 0. The second kappa shape index (κ2) is 4.75. The molecule has 0 bridgehead atoms. The quantitative estimate of drug-likeness (QED) is 0.816. The van der Waals surface area contributed by atoms with Crippen LogP contribution in [0.3, 0.4) is 0 Å². The minimum Gasteiger partial charge on any atom is -0.398 e. The fraction of sp³-hybridized carbons (Fsp3) is 0.0769. The van der Waals surface area contributed by atoms with Crippen molar-refractivity contribution in [2.24, 2.45) is 0 Å². The summed E-state index contributed by atoms with van der Waals surface area (Å²) in [4.78, 5) is 1.46. The van der Waals surface area contributed by atoms with Crippen LogP contribution in [0.4, 0.5) is 14.5 Å². The lowest BCUT2D eigenvalue weighted by Crippen LogP contribution is -1.90. The molecule has 2 rings (SSSR count). The summed E-state index contributed by atoms with van der Waals surface area (Å²) in [5.41, 5.74) is 7.55. The number of nitrogen functional groups attached to an aromatic ring is 1. The van der Waals surface area contributed by atoms with Crippen LogP contribution < -0.4 is 5.73 Å². The van der Waals surface area contributed by atoms with Gasteiger partial charge in [-0.25, -0.2) is 8.78 Å². The normalized spacial score (nSPS) is 10.5. The van der Waals surface area contributed by atoms with Gasteiger partial charge in [-0.1, -0.05) is 17.8 Å². The molecule has 0 saturated carbocycles. The highest BCUT2D eigenvalue weighted by molar-refractivity contribution is 7.99. The Morgan fingerprint density at radius 3 is 2.41 bits per heavy atom. The number of aryl methyl sites for hydroxylation is 1. The molecule has 0 spiro atoms. The lowest BCUT2D eigenvalue weighted by Gasteiger charge is -2.06. The molecule has 2 aromatic carbocycles. The van der Waals surface area contributed by atoms with Gasteiger partial charge in [0.25, 0.3) is 0 Å². The minimum atomic E-state index is -0.847. The Labute approximate surface area is 103 Å². The monoisotopic (exact) mass is 251 g/mol. The van der Waals surface area contributed by atoms with Crippen LogP contribution in [0.5, 0.6) is 0 Å². The van der Waals surface area contributed by atoms with E-state index in [0.29, 0.717) is 10.6 Å². The summed E-state index contributed by atoms with van der Waals surface area (Å²) in [7, 11) is 0. The van der Waals surface area contributed by atoms with Crippen LogP contribution in [-0.2, 0) is 0 Å². The van der Waals surface area contributed by atoms with Gasteiger partial charge in [0.15, 0.2) is 11.6 Å². The highest BCUT2D eigenvalue weighted by Gasteiger charge is 2.06. The van der Waals surface area contributed by atoms with Crippen molar-refractivity contribution in [2.75, 3.05) is 5.73 Å². The number of halogens is 2. The second-order valence-corrected chi connectivity index (χ2v) is 4.83. The van der Waals surface area contributed by atoms with Gasteiger partial charge in [0.05, 0.1) is 0 Å². The molecular formula is C13H11F2NS. The summed E-state index contributed by atoms with van der Waals surface area (Å²) >= 11 is 1.31. The Kier molecular flexibility index (Phi) is 3.33. The molecule has 2 aromatic rings. The Bertz CT molecular complexity index is 555. The van der Waals surface area contributed by atoms with Crippen LogP contribution in [0.15, 0.2) is 46.2 Å². The fourth-order valence-corrected chi connectivity index (χ4v) is 2.29. The Morgan fingerprint density at radius 2 is 1.76 bits per heavy atom. The van der Waals surface area contributed by atoms with E-state index in [1.165, 1.54) is 23.9 Å². The lowest BCUT2D eigenvalue weighted by molar-refractivity contribution is 0.506. The summed E-state index contributed by atoms with van der Waals surface area (Å²) in [6.45, 7) is 1.95. The molecule has 0 saturated heterocycles. The van der Waals surface area contributed by atoms with E-state index in [1.54, 1.807) is 0 Å². The molecule has 0 radical (unpaired) electrons. The van der Waals surface area contributed by atoms with Gasteiger partial charge >= 0.3 is 0 Å². The van der Waals surface area contributed by atoms with Crippen molar-refractivity contribution in [3.63, 3.8) is 0 Å². The molecule has 0 aliphatic carbocycles. The predicted octanol–water partition coefficient (Wildman–Crippen LogP) is 4.01. The van der Waals surface area contributed by atoms with Gasteiger partial charge < -0.3 is 5.73 Å². The third-order valence-corrected chi connectivity index (χ3v) is 3.37. The number of nitrogens with two attached hydrogens (primary N) is 1. The molecule has 0 aromatic heterocycles. The molecular weight excluding hydrogens is 240 g/mol. The number of benzene rings is 2. The number of anilines is 1. The van der Waals surface area contributed by atoms with Gasteiger partial charge in [-0.2, -0.15) is 0 Å². The average molecular weight is 251 g/mol. The molecule has 0 aliphatic rings. The van der Waals surface area contributed by atoms with Crippen molar-refractivity contribution in [3.8, 4) is 0 Å². The van der Waals surface area contributed by atoms with Gasteiger partial charge in [-0.05, 0) is 42.8 Å². The zero-order valence-corrected chi connectivity index (χ0v) is 10.0. The molecule has 0 atom stereocenters. The summed E-state index contributed by atoms with van der Waals surface area (Å²) in [5, 5.41) is 0.